The normalized spacial score (nSPS) is 20.0. The highest BCUT2D eigenvalue weighted by Crippen LogP contribution is 2.48. The second kappa shape index (κ2) is 7.20. The lowest BCUT2D eigenvalue weighted by molar-refractivity contribution is -0.0578. The summed E-state index contributed by atoms with van der Waals surface area (Å²) in [5.41, 5.74) is 3.53. The molecule has 3 aromatic carbocycles. The third kappa shape index (κ3) is 3.20. The standard InChI is InChI=1S/C23H18F2N2O2/c24-23(25)29-21-13-7-5-11-17(21)22-27-19(16-10-4-6-12-20(16)28-22)14-18(26-27)15-8-2-1-3-9-15/h1-13,19,22-23H,14H2/t19-,22+/m1/s1. The maximum Gasteiger partial charge on any atom is 0.387 e. The summed E-state index contributed by atoms with van der Waals surface area (Å²) in [5.74, 6) is 0.823. The van der Waals surface area contributed by atoms with Crippen molar-refractivity contribution >= 4 is 5.71 Å². The predicted octanol–water partition coefficient (Wildman–Crippen LogP) is 5.53. The molecule has 0 saturated heterocycles. The molecule has 0 unspecified atom stereocenters. The quantitative estimate of drug-likeness (QED) is 0.585. The van der Waals surface area contributed by atoms with E-state index in [0.717, 1.165) is 22.6 Å². The Morgan fingerprint density at radius 2 is 1.59 bits per heavy atom. The van der Waals surface area contributed by atoms with Gasteiger partial charge in [-0.3, -0.25) is 0 Å². The van der Waals surface area contributed by atoms with Gasteiger partial charge >= 0.3 is 6.61 Å². The molecule has 0 amide bonds. The first-order chi connectivity index (χ1) is 14.2. The summed E-state index contributed by atoms with van der Waals surface area (Å²) >= 11 is 0. The maximum absolute atomic E-state index is 13.0. The van der Waals surface area contributed by atoms with Gasteiger partial charge in [-0.15, -0.1) is 0 Å². The SMILES string of the molecule is FC(F)Oc1ccccc1[C@@H]1Oc2ccccc2[C@H]2CC(c3ccccc3)=NN21. The van der Waals surface area contributed by atoms with Crippen molar-refractivity contribution in [2.75, 3.05) is 0 Å². The van der Waals surface area contributed by atoms with Crippen LogP contribution in [-0.4, -0.2) is 17.3 Å². The molecule has 29 heavy (non-hydrogen) atoms. The van der Waals surface area contributed by atoms with Crippen LogP contribution < -0.4 is 9.47 Å². The van der Waals surface area contributed by atoms with E-state index in [1.54, 1.807) is 18.2 Å². The molecule has 0 fully saturated rings. The fourth-order valence-electron chi connectivity index (χ4n) is 3.93. The Hall–Kier alpha value is -3.41. The van der Waals surface area contributed by atoms with E-state index in [9.17, 15) is 8.78 Å². The highest BCUT2D eigenvalue weighted by atomic mass is 19.3. The van der Waals surface area contributed by atoms with E-state index >= 15 is 0 Å². The molecule has 2 aliphatic heterocycles. The van der Waals surface area contributed by atoms with Crippen LogP contribution in [0.25, 0.3) is 0 Å². The van der Waals surface area contributed by atoms with Crippen LogP contribution in [0.2, 0.25) is 0 Å². The van der Waals surface area contributed by atoms with Crippen molar-refractivity contribution in [3.8, 4) is 11.5 Å². The summed E-state index contributed by atoms with van der Waals surface area (Å²) in [4.78, 5) is 0. The molecule has 2 aliphatic rings. The van der Waals surface area contributed by atoms with Crippen molar-refractivity contribution in [2.24, 2.45) is 5.10 Å². The molecule has 6 heteroatoms. The van der Waals surface area contributed by atoms with Crippen LogP contribution >= 0.6 is 0 Å². The minimum absolute atomic E-state index is 0.0419. The Balaban J connectivity index is 1.60. The molecular formula is C23H18F2N2O2. The molecule has 0 aromatic heterocycles. The first-order valence-electron chi connectivity index (χ1n) is 9.41. The minimum atomic E-state index is -2.91. The molecule has 0 bridgehead atoms. The molecule has 2 heterocycles. The average molecular weight is 392 g/mol. The molecule has 146 valence electrons. The van der Waals surface area contributed by atoms with Crippen LogP contribution in [0, 0.1) is 0 Å². The van der Waals surface area contributed by atoms with E-state index in [0.29, 0.717) is 12.0 Å². The third-order valence-corrected chi connectivity index (χ3v) is 5.21. The van der Waals surface area contributed by atoms with Crippen molar-refractivity contribution in [2.45, 2.75) is 25.3 Å². The maximum atomic E-state index is 13.0. The van der Waals surface area contributed by atoms with Crippen LogP contribution in [0.15, 0.2) is 84.0 Å². The number of benzene rings is 3. The van der Waals surface area contributed by atoms with Crippen LogP contribution in [0.1, 0.15) is 35.4 Å². The zero-order chi connectivity index (χ0) is 19.8. The molecule has 4 nitrogen and oxygen atoms in total. The van der Waals surface area contributed by atoms with Gasteiger partial charge < -0.3 is 9.47 Å². The van der Waals surface area contributed by atoms with Gasteiger partial charge in [0.15, 0.2) is 0 Å². The summed E-state index contributed by atoms with van der Waals surface area (Å²) in [7, 11) is 0. The van der Waals surface area contributed by atoms with Crippen molar-refractivity contribution < 1.29 is 18.3 Å². The van der Waals surface area contributed by atoms with Crippen LogP contribution in [0.5, 0.6) is 11.5 Å². The molecule has 3 aromatic rings. The van der Waals surface area contributed by atoms with Gasteiger partial charge in [-0.2, -0.15) is 13.9 Å². The van der Waals surface area contributed by atoms with Gasteiger partial charge in [0.05, 0.1) is 17.3 Å². The molecule has 0 spiro atoms. The zero-order valence-electron chi connectivity index (χ0n) is 15.4. The average Bonchev–Trinajstić information content (AvgIpc) is 3.20. The van der Waals surface area contributed by atoms with Crippen molar-refractivity contribution in [3.05, 3.63) is 95.6 Å². The van der Waals surface area contributed by atoms with Crippen molar-refractivity contribution in [3.63, 3.8) is 0 Å². The predicted molar refractivity (Wildman–Crippen MR) is 105 cm³/mol. The second-order valence-electron chi connectivity index (χ2n) is 6.94. The number of alkyl halides is 2. The van der Waals surface area contributed by atoms with E-state index in [-0.39, 0.29) is 11.8 Å². The van der Waals surface area contributed by atoms with Crippen LogP contribution in [0.3, 0.4) is 0 Å². The topological polar surface area (TPSA) is 34.1 Å². The summed E-state index contributed by atoms with van der Waals surface area (Å²) in [6, 6.07) is 24.4. The highest BCUT2D eigenvalue weighted by molar-refractivity contribution is 6.01. The lowest BCUT2D eigenvalue weighted by atomic mass is 9.96. The van der Waals surface area contributed by atoms with Gasteiger partial charge in [-0.05, 0) is 23.8 Å². The number of hydrogen-bond acceptors (Lipinski definition) is 4. The Kier molecular flexibility index (Phi) is 4.39. The van der Waals surface area contributed by atoms with Gasteiger partial charge in [0.25, 0.3) is 0 Å². The second-order valence-corrected chi connectivity index (χ2v) is 6.94. The minimum Gasteiger partial charge on any atom is -0.464 e. The van der Waals surface area contributed by atoms with Crippen LogP contribution in [0.4, 0.5) is 8.78 Å². The monoisotopic (exact) mass is 392 g/mol. The van der Waals surface area contributed by atoms with E-state index < -0.39 is 12.8 Å². The van der Waals surface area contributed by atoms with Gasteiger partial charge in [0.1, 0.15) is 11.5 Å². The fourth-order valence-corrected chi connectivity index (χ4v) is 3.93. The van der Waals surface area contributed by atoms with Gasteiger partial charge in [0.2, 0.25) is 6.23 Å². The van der Waals surface area contributed by atoms with Crippen molar-refractivity contribution in [1.29, 1.82) is 0 Å². The van der Waals surface area contributed by atoms with Crippen molar-refractivity contribution in [1.82, 2.24) is 5.01 Å². The molecule has 2 atom stereocenters. The number of nitrogens with zero attached hydrogens (tertiary/aromatic N) is 2. The molecule has 0 N–H and O–H groups in total. The largest absolute Gasteiger partial charge is 0.464 e. The van der Waals surface area contributed by atoms with E-state index in [4.69, 9.17) is 14.6 Å². The van der Waals surface area contributed by atoms with E-state index in [1.165, 1.54) is 6.07 Å². The van der Waals surface area contributed by atoms with Gasteiger partial charge in [-0.1, -0.05) is 60.7 Å². The molecule has 0 aliphatic carbocycles. The van der Waals surface area contributed by atoms with E-state index in [1.807, 2.05) is 59.6 Å². The summed E-state index contributed by atoms with van der Waals surface area (Å²) in [5, 5.41) is 6.70. The first-order valence-corrected chi connectivity index (χ1v) is 9.41. The molecule has 0 radical (unpaired) electrons. The Morgan fingerprint density at radius 1 is 0.897 bits per heavy atom. The number of fused-ring (bicyclic) bond motifs is 3. The summed E-state index contributed by atoms with van der Waals surface area (Å²) in [6.07, 6.45) is 0.0460. The van der Waals surface area contributed by atoms with Gasteiger partial charge in [-0.25, -0.2) is 5.01 Å². The number of hydrogen-bond donors (Lipinski definition) is 0. The highest BCUT2D eigenvalue weighted by Gasteiger charge is 2.41. The Labute approximate surface area is 167 Å². The third-order valence-electron chi connectivity index (χ3n) is 5.21. The van der Waals surface area contributed by atoms with Crippen LogP contribution in [-0.2, 0) is 0 Å². The first kappa shape index (κ1) is 17.7. The number of para-hydroxylation sites is 2. The molecule has 5 rings (SSSR count). The number of rotatable bonds is 4. The molecule has 0 saturated carbocycles. The zero-order valence-corrected chi connectivity index (χ0v) is 15.4. The van der Waals surface area contributed by atoms with E-state index in [2.05, 4.69) is 0 Å². The lowest BCUT2D eigenvalue weighted by Crippen LogP contribution is -2.34. The summed E-state index contributed by atoms with van der Waals surface area (Å²) in [6.45, 7) is -2.91. The fraction of sp³-hybridized carbons (Fsp3) is 0.174. The number of halogens is 2. The molecular weight excluding hydrogens is 374 g/mol. The Morgan fingerprint density at radius 3 is 2.38 bits per heavy atom. The van der Waals surface area contributed by atoms with Gasteiger partial charge in [0, 0.05) is 12.0 Å². The number of hydrazone groups is 1. The Bertz CT molecular complexity index is 1060. The number of ether oxygens (including phenoxy) is 2. The summed E-state index contributed by atoms with van der Waals surface area (Å²) < 4.78 is 36.9. The lowest BCUT2D eigenvalue weighted by Gasteiger charge is -2.38. The smallest absolute Gasteiger partial charge is 0.387 e.